The monoisotopic (exact) mass is 369 g/mol. The molecule has 1 aliphatic rings. The van der Waals surface area contributed by atoms with Gasteiger partial charge in [-0.25, -0.2) is 4.79 Å². The molecule has 6 nitrogen and oxygen atoms in total. The summed E-state index contributed by atoms with van der Waals surface area (Å²) >= 11 is 1.64. The van der Waals surface area contributed by atoms with Crippen LogP contribution in [0.25, 0.3) is 0 Å². The molecule has 1 fully saturated rings. The van der Waals surface area contributed by atoms with Gasteiger partial charge in [0.1, 0.15) is 11.6 Å². The number of carbonyl (C=O) groups excluding carboxylic acids is 1. The number of aromatic nitrogens is 3. The summed E-state index contributed by atoms with van der Waals surface area (Å²) in [6.45, 7) is 0.648. The van der Waals surface area contributed by atoms with Crippen molar-refractivity contribution in [3.63, 3.8) is 0 Å². The van der Waals surface area contributed by atoms with Crippen molar-refractivity contribution in [1.29, 1.82) is 0 Å². The number of esters is 1. The van der Waals surface area contributed by atoms with E-state index in [0.29, 0.717) is 18.0 Å². The molecule has 2 heterocycles. The van der Waals surface area contributed by atoms with Crippen LogP contribution in [0.4, 0.5) is 0 Å². The van der Waals surface area contributed by atoms with Gasteiger partial charge in [0.05, 0.1) is 25.5 Å². The Balaban J connectivity index is 1.48. The molecule has 0 aliphatic heterocycles. The van der Waals surface area contributed by atoms with Gasteiger partial charge in [-0.1, -0.05) is 23.9 Å². The van der Waals surface area contributed by atoms with Gasteiger partial charge in [0, 0.05) is 11.7 Å². The van der Waals surface area contributed by atoms with Gasteiger partial charge in [0.25, 0.3) is 0 Å². The van der Waals surface area contributed by atoms with Crippen molar-refractivity contribution in [2.45, 2.75) is 36.2 Å². The highest BCUT2D eigenvalue weighted by molar-refractivity contribution is 7.98. The Morgan fingerprint density at radius 1 is 1.27 bits per heavy atom. The standard InChI is InChI=1S/C19H19N3O3S/c1-24-18(23)15-6-4-13(5-7-15)12-26-19-21-20-17(14-8-9-14)22(19)11-16-3-2-10-25-16/h2-7,10,14H,8-9,11-12H2,1H3. The molecule has 2 aromatic heterocycles. The van der Waals surface area contributed by atoms with Gasteiger partial charge in [-0.3, -0.25) is 4.57 Å². The highest BCUT2D eigenvalue weighted by atomic mass is 32.2. The topological polar surface area (TPSA) is 70.2 Å². The van der Waals surface area contributed by atoms with Crippen LogP contribution in [0.2, 0.25) is 0 Å². The molecule has 0 spiro atoms. The average molecular weight is 369 g/mol. The predicted octanol–water partition coefficient (Wildman–Crippen LogP) is 3.88. The van der Waals surface area contributed by atoms with Crippen molar-refractivity contribution in [3.05, 3.63) is 65.4 Å². The maximum absolute atomic E-state index is 11.5. The second-order valence-electron chi connectivity index (χ2n) is 6.26. The fraction of sp³-hybridized carbons (Fsp3) is 0.316. The number of carbonyl (C=O) groups is 1. The van der Waals surface area contributed by atoms with E-state index in [1.807, 2.05) is 24.3 Å². The Morgan fingerprint density at radius 2 is 2.08 bits per heavy atom. The minimum absolute atomic E-state index is 0.323. The van der Waals surface area contributed by atoms with Gasteiger partial charge in [-0.2, -0.15) is 0 Å². The third-order valence-electron chi connectivity index (χ3n) is 4.32. The predicted molar refractivity (Wildman–Crippen MR) is 97.1 cm³/mol. The van der Waals surface area contributed by atoms with Gasteiger partial charge in [-0.15, -0.1) is 10.2 Å². The van der Waals surface area contributed by atoms with Crippen molar-refractivity contribution in [1.82, 2.24) is 14.8 Å². The van der Waals surface area contributed by atoms with E-state index < -0.39 is 0 Å². The van der Waals surface area contributed by atoms with Crippen molar-refractivity contribution >= 4 is 17.7 Å². The molecule has 0 radical (unpaired) electrons. The average Bonchev–Trinajstić information content (AvgIpc) is 3.24. The highest BCUT2D eigenvalue weighted by Crippen LogP contribution is 2.40. The maximum atomic E-state index is 11.5. The number of nitrogens with zero attached hydrogens (tertiary/aromatic N) is 3. The molecule has 7 heteroatoms. The first-order valence-corrected chi connectivity index (χ1v) is 9.48. The first-order valence-electron chi connectivity index (χ1n) is 8.50. The number of rotatable bonds is 7. The third-order valence-corrected chi connectivity index (χ3v) is 5.36. The molecule has 0 N–H and O–H groups in total. The number of ether oxygens (including phenoxy) is 1. The zero-order chi connectivity index (χ0) is 17.9. The molecule has 0 unspecified atom stereocenters. The number of hydrogen-bond acceptors (Lipinski definition) is 6. The molecule has 1 aliphatic carbocycles. The van der Waals surface area contributed by atoms with Crippen LogP contribution in [0.15, 0.2) is 52.2 Å². The lowest BCUT2D eigenvalue weighted by Crippen LogP contribution is -2.05. The molecule has 26 heavy (non-hydrogen) atoms. The first-order chi connectivity index (χ1) is 12.7. The van der Waals surface area contributed by atoms with Gasteiger partial charge >= 0.3 is 5.97 Å². The smallest absolute Gasteiger partial charge is 0.337 e. The minimum atomic E-state index is -0.323. The summed E-state index contributed by atoms with van der Waals surface area (Å²) in [7, 11) is 1.38. The third kappa shape index (κ3) is 3.67. The van der Waals surface area contributed by atoms with Crippen LogP contribution in [-0.4, -0.2) is 27.8 Å². The van der Waals surface area contributed by atoms with E-state index >= 15 is 0 Å². The molecule has 134 valence electrons. The normalized spacial score (nSPS) is 13.7. The van der Waals surface area contributed by atoms with Crippen LogP contribution in [0.3, 0.4) is 0 Å². The number of thioether (sulfide) groups is 1. The van der Waals surface area contributed by atoms with E-state index in [4.69, 9.17) is 9.15 Å². The molecule has 0 amide bonds. The van der Waals surface area contributed by atoms with Crippen LogP contribution in [0.5, 0.6) is 0 Å². The summed E-state index contributed by atoms with van der Waals surface area (Å²) in [5, 5.41) is 9.69. The quantitative estimate of drug-likeness (QED) is 0.465. The van der Waals surface area contributed by atoms with Crippen molar-refractivity contribution < 1.29 is 13.9 Å². The van der Waals surface area contributed by atoms with E-state index in [1.54, 1.807) is 30.2 Å². The van der Waals surface area contributed by atoms with Crippen LogP contribution in [0.1, 0.15) is 46.3 Å². The Kier molecular flexibility index (Phi) is 4.79. The van der Waals surface area contributed by atoms with E-state index in [2.05, 4.69) is 14.8 Å². The van der Waals surface area contributed by atoms with E-state index in [1.165, 1.54) is 20.0 Å². The first kappa shape index (κ1) is 16.9. The fourth-order valence-corrected chi connectivity index (χ4v) is 3.66. The molecule has 0 bridgehead atoms. The maximum Gasteiger partial charge on any atom is 0.337 e. The second kappa shape index (κ2) is 7.37. The van der Waals surface area contributed by atoms with Crippen LogP contribution in [0, 0.1) is 0 Å². The van der Waals surface area contributed by atoms with Crippen molar-refractivity contribution in [2.24, 2.45) is 0 Å². The fourth-order valence-electron chi connectivity index (χ4n) is 2.76. The van der Waals surface area contributed by atoms with Gasteiger partial charge in [0.2, 0.25) is 0 Å². The van der Waals surface area contributed by atoms with Crippen molar-refractivity contribution in [3.8, 4) is 0 Å². The van der Waals surface area contributed by atoms with E-state index in [-0.39, 0.29) is 5.97 Å². The zero-order valence-corrected chi connectivity index (χ0v) is 15.2. The summed E-state index contributed by atoms with van der Waals surface area (Å²) in [6, 6.07) is 11.3. The van der Waals surface area contributed by atoms with Crippen molar-refractivity contribution in [2.75, 3.05) is 7.11 Å². The zero-order valence-electron chi connectivity index (χ0n) is 14.4. The lowest BCUT2D eigenvalue weighted by atomic mass is 10.1. The van der Waals surface area contributed by atoms with Crippen LogP contribution in [-0.2, 0) is 17.0 Å². The van der Waals surface area contributed by atoms with E-state index in [0.717, 1.165) is 28.1 Å². The minimum Gasteiger partial charge on any atom is -0.467 e. The molecule has 1 saturated carbocycles. The number of benzene rings is 1. The van der Waals surface area contributed by atoms with E-state index in [9.17, 15) is 4.79 Å². The molecule has 0 saturated heterocycles. The molecule has 4 rings (SSSR count). The molecular weight excluding hydrogens is 350 g/mol. The summed E-state index contributed by atoms with van der Waals surface area (Å²) < 4.78 is 12.4. The molecule has 3 aromatic rings. The Bertz CT molecular complexity index is 883. The summed E-state index contributed by atoms with van der Waals surface area (Å²) in [6.07, 6.45) is 4.04. The second-order valence-corrected chi connectivity index (χ2v) is 7.20. The Hall–Kier alpha value is -2.54. The van der Waals surface area contributed by atoms with Gasteiger partial charge < -0.3 is 9.15 Å². The molecule has 1 aromatic carbocycles. The Morgan fingerprint density at radius 3 is 2.73 bits per heavy atom. The number of hydrogen-bond donors (Lipinski definition) is 0. The SMILES string of the molecule is COC(=O)c1ccc(CSc2nnc(C3CC3)n2Cc2ccco2)cc1. The van der Waals surface area contributed by atoms with Gasteiger partial charge in [-0.05, 0) is 42.7 Å². The summed E-state index contributed by atoms with van der Waals surface area (Å²) in [5.74, 6) is 2.89. The van der Waals surface area contributed by atoms with Crippen LogP contribution >= 0.6 is 11.8 Å². The summed E-state index contributed by atoms with van der Waals surface area (Å²) in [5.41, 5.74) is 1.67. The van der Waals surface area contributed by atoms with Gasteiger partial charge in [0.15, 0.2) is 5.16 Å². The molecule has 0 atom stereocenters. The van der Waals surface area contributed by atoms with Crippen LogP contribution < -0.4 is 0 Å². The lowest BCUT2D eigenvalue weighted by molar-refractivity contribution is 0.0600. The largest absolute Gasteiger partial charge is 0.467 e. The highest BCUT2D eigenvalue weighted by Gasteiger charge is 2.30. The lowest BCUT2D eigenvalue weighted by Gasteiger charge is -2.08. The Labute approximate surface area is 155 Å². The number of methoxy groups -OCH3 is 1. The number of furan rings is 1. The molecular formula is C19H19N3O3S. The summed E-state index contributed by atoms with van der Waals surface area (Å²) in [4.78, 5) is 11.5.